The summed E-state index contributed by atoms with van der Waals surface area (Å²) in [6.45, 7) is 2.08. The Morgan fingerprint density at radius 1 is 1.28 bits per heavy atom. The zero-order valence-electron chi connectivity index (χ0n) is 10.9. The molecule has 98 valence electrons. The summed E-state index contributed by atoms with van der Waals surface area (Å²) in [6, 6.07) is 6.27. The molecule has 0 aromatic heterocycles. The average molecular weight is 309 g/mol. The van der Waals surface area contributed by atoms with Crippen LogP contribution in [0.1, 0.15) is 49.3 Å². The van der Waals surface area contributed by atoms with E-state index < -0.39 is 0 Å². The number of hydrogen-bond acceptors (Lipinski definition) is 1. The summed E-state index contributed by atoms with van der Waals surface area (Å²) in [4.78, 5) is 0. The van der Waals surface area contributed by atoms with Crippen molar-refractivity contribution in [1.82, 2.24) is 0 Å². The molecule has 0 saturated heterocycles. The van der Waals surface area contributed by atoms with Gasteiger partial charge in [0.25, 0.3) is 0 Å². The fourth-order valence-electron chi connectivity index (χ4n) is 4.04. The maximum absolute atomic E-state index is 10.4. The van der Waals surface area contributed by atoms with Gasteiger partial charge in [-0.05, 0) is 73.6 Å². The van der Waals surface area contributed by atoms with Crippen LogP contribution >= 0.6 is 15.9 Å². The van der Waals surface area contributed by atoms with Crippen molar-refractivity contribution in [3.8, 4) is 0 Å². The largest absolute Gasteiger partial charge is 0.388 e. The van der Waals surface area contributed by atoms with Crippen molar-refractivity contribution in [3.05, 3.63) is 33.8 Å². The topological polar surface area (TPSA) is 20.2 Å². The predicted molar refractivity (Wildman–Crippen MR) is 77.4 cm³/mol. The first-order valence-electron chi connectivity index (χ1n) is 7.07. The molecule has 0 amide bonds. The van der Waals surface area contributed by atoms with Gasteiger partial charge in [0.1, 0.15) is 0 Å². The van der Waals surface area contributed by atoms with Crippen LogP contribution in [0.4, 0.5) is 0 Å². The third-order valence-corrected chi connectivity index (χ3v) is 5.32. The molecule has 0 aliphatic heterocycles. The summed E-state index contributed by atoms with van der Waals surface area (Å²) >= 11 is 3.52. The summed E-state index contributed by atoms with van der Waals surface area (Å²) in [6.07, 6.45) is 6.29. The van der Waals surface area contributed by atoms with Gasteiger partial charge in [0.15, 0.2) is 0 Å². The predicted octanol–water partition coefficient (Wildman–Crippen LogP) is 4.62. The smallest absolute Gasteiger partial charge is 0.0793 e. The number of fused-ring (bicyclic) bond motifs is 2. The minimum Gasteiger partial charge on any atom is -0.388 e. The van der Waals surface area contributed by atoms with Crippen molar-refractivity contribution in [1.29, 1.82) is 0 Å². The van der Waals surface area contributed by atoms with Crippen LogP contribution in [0.25, 0.3) is 0 Å². The van der Waals surface area contributed by atoms with Crippen molar-refractivity contribution in [3.63, 3.8) is 0 Å². The zero-order valence-corrected chi connectivity index (χ0v) is 12.5. The average Bonchev–Trinajstić information content (AvgIpc) is 2.89. The van der Waals surface area contributed by atoms with Crippen molar-refractivity contribution >= 4 is 15.9 Å². The molecule has 1 aromatic rings. The van der Waals surface area contributed by atoms with Crippen LogP contribution in [-0.4, -0.2) is 5.11 Å². The van der Waals surface area contributed by atoms with E-state index in [0.29, 0.717) is 0 Å². The number of rotatable bonds is 3. The van der Waals surface area contributed by atoms with E-state index in [-0.39, 0.29) is 6.10 Å². The number of aryl methyl sites for hydroxylation is 1. The summed E-state index contributed by atoms with van der Waals surface area (Å²) in [5.74, 6) is 2.63. The lowest BCUT2D eigenvalue weighted by Gasteiger charge is -2.24. The molecule has 2 bridgehead atoms. The third-order valence-electron chi connectivity index (χ3n) is 4.86. The highest BCUT2D eigenvalue weighted by Gasteiger charge is 2.40. The number of benzene rings is 1. The Balaban J connectivity index is 1.69. The Labute approximate surface area is 118 Å². The van der Waals surface area contributed by atoms with Gasteiger partial charge in [0.2, 0.25) is 0 Å². The standard InChI is InChI=1S/C16H21BrO/c1-10-4-14(8-15(17)5-10)16(18)9-13-7-11-2-3-12(13)6-11/h4-5,8,11-13,16,18H,2-3,6-7,9H2,1H3. The number of aliphatic hydroxyl groups is 1. The second-order valence-corrected chi connectivity index (χ2v) is 7.16. The van der Waals surface area contributed by atoms with Gasteiger partial charge in [0.05, 0.1) is 6.10 Å². The first kappa shape index (κ1) is 12.7. The summed E-state index contributed by atoms with van der Waals surface area (Å²) in [7, 11) is 0. The molecular weight excluding hydrogens is 288 g/mol. The lowest BCUT2D eigenvalue weighted by atomic mass is 9.83. The molecule has 1 N–H and O–H groups in total. The number of aliphatic hydroxyl groups excluding tert-OH is 1. The molecule has 2 heteroatoms. The van der Waals surface area contributed by atoms with Crippen LogP contribution < -0.4 is 0 Å². The Morgan fingerprint density at radius 3 is 2.72 bits per heavy atom. The van der Waals surface area contributed by atoms with Crippen molar-refractivity contribution in [2.45, 2.75) is 45.1 Å². The van der Waals surface area contributed by atoms with Crippen LogP contribution in [0.2, 0.25) is 0 Å². The molecule has 1 nitrogen and oxygen atoms in total. The van der Waals surface area contributed by atoms with Crippen molar-refractivity contribution in [2.24, 2.45) is 17.8 Å². The summed E-state index contributed by atoms with van der Waals surface area (Å²) < 4.78 is 1.07. The maximum atomic E-state index is 10.4. The lowest BCUT2D eigenvalue weighted by Crippen LogP contribution is -2.14. The Kier molecular flexibility index (Phi) is 3.50. The molecule has 3 rings (SSSR count). The van der Waals surface area contributed by atoms with Crippen molar-refractivity contribution in [2.75, 3.05) is 0 Å². The molecule has 2 aliphatic rings. The van der Waals surface area contributed by atoms with Gasteiger partial charge in [0, 0.05) is 4.47 Å². The number of hydrogen-bond donors (Lipinski definition) is 1. The van der Waals surface area contributed by atoms with Gasteiger partial charge in [-0.15, -0.1) is 0 Å². The quantitative estimate of drug-likeness (QED) is 0.864. The van der Waals surface area contributed by atoms with Crippen LogP contribution in [0.15, 0.2) is 22.7 Å². The molecule has 2 saturated carbocycles. The van der Waals surface area contributed by atoms with Crippen LogP contribution in [0.3, 0.4) is 0 Å². The van der Waals surface area contributed by atoms with Gasteiger partial charge in [-0.25, -0.2) is 0 Å². The Morgan fingerprint density at radius 2 is 2.11 bits per heavy atom. The molecule has 1 aromatic carbocycles. The molecule has 0 radical (unpaired) electrons. The molecule has 0 heterocycles. The fraction of sp³-hybridized carbons (Fsp3) is 0.625. The number of halogens is 1. The summed E-state index contributed by atoms with van der Waals surface area (Å²) in [5, 5.41) is 10.4. The molecule has 4 unspecified atom stereocenters. The zero-order chi connectivity index (χ0) is 12.7. The fourth-order valence-corrected chi connectivity index (χ4v) is 4.67. The monoisotopic (exact) mass is 308 g/mol. The first-order valence-corrected chi connectivity index (χ1v) is 7.86. The normalized spacial score (nSPS) is 31.8. The van der Waals surface area contributed by atoms with E-state index in [1.807, 2.05) is 0 Å². The van der Waals surface area contributed by atoms with E-state index >= 15 is 0 Å². The van der Waals surface area contributed by atoms with E-state index in [1.165, 1.54) is 31.2 Å². The van der Waals surface area contributed by atoms with E-state index in [4.69, 9.17) is 0 Å². The van der Waals surface area contributed by atoms with Crippen molar-refractivity contribution < 1.29 is 5.11 Å². The third kappa shape index (κ3) is 2.50. The van der Waals surface area contributed by atoms with Gasteiger partial charge in [-0.3, -0.25) is 0 Å². The maximum Gasteiger partial charge on any atom is 0.0793 e. The second kappa shape index (κ2) is 4.97. The molecule has 4 atom stereocenters. The van der Waals surface area contributed by atoms with Gasteiger partial charge < -0.3 is 5.11 Å². The Hall–Kier alpha value is -0.340. The highest BCUT2D eigenvalue weighted by Crippen LogP contribution is 2.51. The molecule has 2 aliphatic carbocycles. The van der Waals surface area contributed by atoms with E-state index in [9.17, 15) is 5.11 Å². The SMILES string of the molecule is Cc1cc(Br)cc(C(O)CC2CC3CCC2C3)c1. The highest BCUT2D eigenvalue weighted by atomic mass is 79.9. The van der Waals surface area contributed by atoms with Gasteiger partial charge >= 0.3 is 0 Å². The van der Waals surface area contributed by atoms with E-state index in [2.05, 4.69) is 41.1 Å². The molecular formula is C16H21BrO. The molecule has 18 heavy (non-hydrogen) atoms. The Bertz CT molecular complexity index is 422. The van der Waals surface area contributed by atoms with Crippen LogP contribution in [0.5, 0.6) is 0 Å². The minimum atomic E-state index is -0.287. The lowest BCUT2D eigenvalue weighted by molar-refractivity contribution is 0.125. The highest BCUT2D eigenvalue weighted by molar-refractivity contribution is 9.10. The second-order valence-electron chi connectivity index (χ2n) is 6.25. The minimum absolute atomic E-state index is 0.287. The molecule has 2 fully saturated rings. The summed E-state index contributed by atoms with van der Waals surface area (Å²) in [5.41, 5.74) is 2.29. The first-order chi connectivity index (χ1) is 8.61. The van der Waals surface area contributed by atoms with E-state index in [0.717, 1.165) is 34.2 Å². The van der Waals surface area contributed by atoms with Gasteiger partial charge in [-0.2, -0.15) is 0 Å². The van der Waals surface area contributed by atoms with Crippen LogP contribution in [0, 0.1) is 24.7 Å². The molecule has 0 spiro atoms. The van der Waals surface area contributed by atoms with Gasteiger partial charge in [-0.1, -0.05) is 28.4 Å². The van der Waals surface area contributed by atoms with Crippen LogP contribution in [-0.2, 0) is 0 Å². The van der Waals surface area contributed by atoms with E-state index in [1.54, 1.807) is 0 Å².